The highest BCUT2D eigenvalue weighted by Gasteiger charge is 2.22. The summed E-state index contributed by atoms with van der Waals surface area (Å²) < 4.78 is 5.01. The molecule has 2 N–H and O–H groups in total. The highest BCUT2D eigenvalue weighted by Crippen LogP contribution is 2.11. The number of ether oxygens (including phenoxy) is 1. The van der Waals surface area contributed by atoms with Crippen molar-refractivity contribution in [2.45, 2.75) is 12.5 Å². The van der Waals surface area contributed by atoms with Gasteiger partial charge in [0.15, 0.2) is 0 Å². The van der Waals surface area contributed by atoms with Gasteiger partial charge in [0, 0.05) is 12.0 Å². The number of carbonyl (C=O) groups excluding carboxylic acids is 1. The van der Waals surface area contributed by atoms with Gasteiger partial charge in [0.25, 0.3) is 5.91 Å². The van der Waals surface area contributed by atoms with Gasteiger partial charge in [-0.25, -0.2) is 4.79 Å². The quantitative estimate of drug-likeness (QED) is 0.740. The van der Waals surface area contributed by atoms with Gasteiger partial charge in [0.05, 0.1) is 19.6 Å². The third-order valence-electron chi connectivity index (χ3n) is 2.77. The van der Waals surface area contributed by atoms with Gasteiger partial charge in [-0.2, -0.15) is 0 Å². The Labute approximate surface area is 121 Å². The number of benzene rings is 1. The van der Waals surface area contributed by atoms with Crippen LogP contribution in [0.4, 0.5) is 0 Å². The molecule has 0 aliphatic rings. The topological polar surface area (TPSA) is 75.6 Å². The normalized spacial score (nSPS) is 12.0. The third kappa shape index (κ3) is 5.13. The first-order chi connectivity index (χ1) is 9.43. The second kappa shape index (κ2) is 7.79. The Morgan fingerprint density at radius 2 is 1.90 bits per heavy atom. The van der Waals surface area contributed by atoms with Gasteiger partial charge < -0.3 is 15.2 Å². The minimum absolute atomic E-state index is 0.152. The molecule has 0 heterocycles. The molecule has 0 fully saturated rings. The summed E-state index contributed by atoms with van der Waals surface area (Å²) >= 11 is 0. The van der Waals surface area contributed by atoms with Crippen LogP contribution < -0.4 is 10.1 Å². The minimum atomic E-state index is -1.00. The predicted octanol–water partition coefficient (Wildman–Crippen LogP) is 1.15. The summed E-state index contributed by atoms with van der Waals surface area (Å²) in [6.45, 7) is 0. The van der Waals surface area contributed by atoms with Crippen LogP contribution in [0.1, 0.15) is 16.8 Å². The molecule has 0 saturated heterocycles. The van der Waals surface area contributed by atoms with E-state index in [1.807, 2.05) is 12.5 Å². The van der Waals surface area contributed by atoms with E-state index in [2.05, 4.69) is 5.32 Å². The number of methoxy groups -OCH3 is 1. The Bertz CT molecular complexity index is 459. The molecule has 1 unspecified atom stereocenters. The summed E-state index contributed by atoms with van der Waals surface area (Å²) in [4.78, 5) is 23.1. The predicted molar refractivity (Wildman–Crippen MR) is 80.6 cm³/mol. The molecule has 0 aliphatic carbocycles. The number of carboxylic acid groups (broad SMARTS) is 1. The van der Waals surface area contributed by atoms with Crippen molar-refractivity contribution in [1.29, 1.82) is 0 Å². The Balaban J connectivity index is 2.67. The maximum absolute atomic E-state index is 12.0. The van der Waals surface area contributed by atoms with Gasteiger partial charge in [0.2, 0.25) is 0 Å². The van der Waals surface area contributed by atoms with E-state index in [0.29, 0.717) is 17.7 Å². The van der Waals surface area contributed by atoms with Gasteiger partial charge in [-0.3, -0.25) is 4.79 Å². The van der Waals surface area contributed by atoms with Crippen molar-refractivity contribution in [2.75, 3.05) is 25.4 Å². The van der Waals surface area contributed by atoms with Crippen molar-refractivity contribution >= 4 is 22.8 Å². The molecule has 1 aromatic carbocycles. The molecule has 0 radical (unpaired) electrons. The monoisotopic (exact) mass is 298 g/mol. The van der Waals surface area contributed by atoms with E-state index in [-0.39, 0.29) is 16.8 Å². The lowest BCUT2D eigenvalue weighted by Gasteiger charge is -2.13. The maximum atomic E-state index is 12.0. The van der Waals surface area contributed by atoms with Crippen LogP contribution in [0.2, 0.25) is 0 Å². The molecule has 0 aliphatic heterocycles. The molecular formula is C14H20NO4S+. The van der Waals surface area contributed by atoms with Crippen LogP contribution >= 0.6 is 0 Å². The molecule has 20 heavy (non-hydrogen) atoms. The highest BCUT2D eigenvalue weighted by molar-refractivity contribution is 7.95. The van der Waals surface area contributed by atoms with Crippen LogP contribution in [-0.2, 0) is 15.7 Å². The summed E-state index contributed by atoms with van der Waals surface area (Å²) in [5.41, 5.74) is 0.420. The van der Waals surface area contributed by atoms with Gasteiger partial charge in [-0.1, -0.05) is 0 Å². The summed E-state index contributed by atoms with van der Waals surface area (Å²) in [6, 6.07) is 5.70. The van der Waals surface area contributed by atoms with E-state index in [4.69, 9.17) is 9.84 Å². The lowest BCUT2D eigenvalue weighted by Crippen LogP contribution is -2.41. The molecule has 0 saturated carbocycles. The zero-order valence-corrected chi connectivity index (χ0v) is 12.7. The Morgan fingerprint density at radius 1 is 1.30 bits per heavy atom. The standard InChI is InChI=1S/C14H19NO4S/c1-19-11-6-4-10(5-7-11)13(16)15-12(14(17)18)8-9-20(2)3/h4-7,12H,8-9H2,1-3H3,(H-,15,16,17,18)/p+1. The molecule has 5 nitrogen and oxygen atoms in total. The van der Waals surface area contributed by atoms with Crippen LogP contribution in [0.25, 0.3) is 0 Å². The lowest BCUT2D eigenvalue weighted by molar-refractivity contribution is -0.139. The van der Waals surface area contributed by atoms with Crippen molar-refractivity contribution in [3.8, 4) is 5.75 Å². The largest absolute Gasteiger partial charge is 0.497 e. The van der Waals surface area contributed by atoms with Crippen LogP contribution in [-0.4, -0.2) is 48.4 Å². The zero-order chi connectivity index (χ0) is 15.1. The fourth-order valence-electron chi connectivity index (χ4n) is 1.59. The number of rotatable bonds is 7. The van der Waals surface area contributed by atoms with Crippen molar-refractivity contribution in [2.24, 2.45) is 0 Å². The average molecular weight is 298 g/mol. The summed E-state index contributed by atoms with van der Waals surface area (Å²) in [5, 5.41) is 11.7. The number of amides is 1. The highest BCUT2D eigenvalue weighted by atomic mass is 32.2. The number of hydrogen-bond donors (Lipinski definition) is 2. The first-order valence-corrected chi connectivity index (χ1v) is 8.37. The van der Waals surface area contributed by atoms with E-state index in [0.717, 1.165) is 5.75 Å². The van der Waals surface area contributed by atoms with Crippen LogP contribution in [0.3, 0.4) is 0 Å². The molecule has 1 aromatic rings. The van der Waals surface area contributed by atoms with E-state index < -0.39 is 12.0 Å². The molecule has 0 spiro atoms. The third-order valence-corrected chi connectivity index (χ3v) is 3.82. The van der Waals surface area contributed by atoms with Gasteiger partial charge in [0.1, 0.15) is 17.5 Å². The first-order valence-electron chi connectivity index (χ1n) is 6.16. The Hall–Kier alpha value is -1.69. The van der Waals surface area contributed by atoms with Crippen LogP contribution in [0.5, 0.6) is 5.75 Å². The van der Waals surface area contributed by atoms with Crippen molar-refractivity contribution in [3.05, 3.63) is 29.8 Å². The number of hydrogen-bond acceptors (Lipinski definition) is 3. The van der Waals surface area contributed by atoms with E-state index >= 15 is 0 Å². The minimum Gasteiger partial charge on any atom is -0.497 e. The molecule has 0 aromatic heterocycles. The van der Waals surface area contributed by atoms with E-state index in [1.165, 1.54) is 0 Å². The smallest absolute Gasteiger partial charge is 0.326 e. The molecule has 6 heteroatoms. The molecule has 1 atom stereocenters. The van der Waals surface area contributed by atoms with Gasteiger partial charge >= 0.3 is 5.97 Å². The first kappa shape index (κ1) is 16.4. The summed E-state index contributed by atoms with van der Waals surface area (Å²) in [7, 11) is 1.70. The van der Waals surface area contributed by atoms with Crippen LogP contribution in [0, 0.1) is 0 Å². The number of aliphatic carboxylic acids is 1. The van der Waals surface area contributed by atoms with Crippen molar-refractivity contribution in [1.82, 2.24) is 5.32 Å². The second-order valence-electron chi connectivity index (χ2n) is 4.57. The molecule has 1 rings (SSSR count). The van der Waals surface area contributed by atoms with Gasteiger partial charge in [-0.05, 0) is 35.2 Å². The zero-order valence-electron chi connectivity index (χ0n) is 11.9. The molecule has 0 bridgehead atoms. The molecule has 1 amide bonds. The summed E-state index contributed by atoms with van der Waals surface area (Å²) in [6.07, 6.45) is 4.53. The number of carboxylic acids is 1. The lowest BCUT2D eigenvalue weighted by atomic mass is 10.1. The summed E-state index contributed by atoms with van der Waals surface area (Å²) in [5.74, 6) is 0.0432. The Kier molecular flexibility index (Phi) is 6.38. The maximum Gasteiger partial charge on any atom is 0.326 e. The van der Waals surface area contributed by atoms with Crippen molar-refractivity contribution < 1.29 is 19.4 Å². The average Bonchev–Trinajstić information content (AvgIpc) is 2.42. The van der Waals surface area contributed by atoms with Crippen molar-refractivity contribution in [3.63, 3.8) is 0 Å². The number of carbonyl (C=O) groups is 2. The van der Waals surface area contributed by atoms with Gasteiger partial charge in [-0.15, -0.1) is 0 Å². The fraction of sp³-hybridized carbons (Fsp3) is 0.429. The SMILES string of the molecule is COc1ccc(C(=O)NC(CC[S+](C)C)C(=O)O)cc1. The second-order valence-corrected chi connectivity index (χ2v) is 6.95. The molecular weight excluding hydrogens is 278 g/mol. The Morgan fingerprint density at radius 3 is 2.35 bits per heavy atom. The van der Waals surface area contributed by atoms with E-state index in [9.17, 15) is 9.59 Å². The fourth-order valence-corrected chi connectivity index (χ4v) is 2.30. The van der Waals surface area contributed by atoms with Crippen LogP contribution in [0.15, 0.2) is 24.3 Å². The molecule has 110 valence electrons. The number of nitrogens with one attached hydrogen (secondary N) is 1. The van der Waals surface area contributed by atoms with E-state index in [1.54, 1.807) is 31.4 Å².